The Morgan fingerprint density at radius 3 is 0.727 bits per heavy atom. The van der Waals surface area contributed by atoms with Crippen LogP contribution >= 0.6 is 0 Å². The summed E-state index contributed by atoms with van der Waals surface area (Å²) in [5, 5.41) is 0. The molecule has 0 aliphatic rings. The predicted octanol–water partition coefficient (Wildman–Crippen LogP) is 23.3. The third-order valence-electron chi connectivity index (χ3n) is 15.3. The molecule has 0 saturated carbocycles. The zero-order valence-electron chi connectivity index (χ0n) is 51.7. The minimum absolute atomic E-state index is 0.0727. The third kappa shape index (κ3) is 64.1. The Morgan fingerprint density at radius 2 is 0.468 bits per heavy atom. The second kappa shape index (κ2) is 65.9. The maximum Gasteiger partial charge on any atom is 0.306 e. The predicted molar refractivity (Wildman–Crippen MR) is 335 cm³/mol. The van der Waals surface area contributed by atoms with Gasteiger partial charge in [0.2, 0.25) is 0 Å². The molecular formula is C71H130O6. The van der Waals surface area contributed by atoms with E-state index in [1.807, 2.05) is 0 Å². The fourth-order valence-electron chi connectivity index (χ4n) is 10.2. The molecule has 450 valence electrons. The van der Waals surface area contributed by atoms with Crippen LogP contribution in [0.3, 0.4) is 0 Å². The molecule has 0 aromatic rings. The molecule has 0 bridgehead atoms. The number of allylic oxidation sites excluding steroid dienone is 8. The maximum absolute atomic E-state index is 12.9. The SMILES string of the molecule is CCCCCC/C=C\C/C=C\CCCCCCCCCC(=O)OC(COC(=O)CCCCCCCCCCCCC/C=C\C/C=C\CCCCCCC)COC(=O)CCCCCCCCCCCCCCCCCCCC. The van der Waals surface area contributed by atoms with Crippen molar-refractivity contribution in [2.45, 2.75) is 374 Å². The van der Waals surface area contributed by atoms with Gasteiger partial charge in [0.15, 0.2) is 6.10 Å². The van der Waals surface area contributed by atoms with Crippen molar-refractivity contribution in [3.8, 4) is 0 Å². The van der Waals surface area contributed by atoms with Gasteiger partial charge in [-0.1, -0.05) is 313 Å². The van der Waals surface area contributed by atoms with Crippen LogP contribution in [0.5, 0.6) is 0 Å². The molecule has 0 aromatic heterocycles. The standard InChI is InChI=1S/C71H130O6/c1-4-7-10-13-16-19-22-25-28-31-34-35-36-37-38-41-43-46-49-52-55-58-61-64-70(73)76-67-68(77-71(74)65-62-59-56-53-50-47-44-40-33-30-27-24-21-18-15-12-9-6-3)66-75-69(72)63-60-57-54-51-48-45-42-39-32-29-26-23-20-17-14-11-8-5-2/h21-22,24-25,30-31,33-34,68H,4-20,23,26-29,32,35-67H2,1-3H3/b24-21-,25-22-,33-30-,34-31-. The van der Waals surface area contributed by atoms with Gasteiger partial charge in [0.25, 0.3) is 0 Å². The number of rotatable bonds is 63. The molecule has 77 heavy (non-hydrogen) atoms. The summed E-state index contributed by atoms with van der Waals surface area (Å²) >= 11 is 0. The highest BCUT2D eigenvalue weighted by atomic mass is 16.6. The maximum atomic E-state index is 12.9. The topological polar surface area (TPSA) is 78.9 Å². The first kappa shape index (κ1) is 74.4. The molecule has 6 nitrogen and oxygen atoms in total. The van der Waals surface area contributed by atoms with Crippen LogP contribution in [0.2, 0.25) is 0 Å². The molecule has 6 heteroatoms. The largest absolute Gasteiger partial charge is 0.462 e. The molecule has 0 fully saturated rings. The Bertz CT molecular complexity index is 1330. The van der Waals surface area contributed by atoms with E-state index in [1.165, 1.54) is 250 Å². The first-order valence-electron chi connectivity index (χ1n) is 34.1. The van der Waals surface area contributed by atoms with E-state index in [0.717, 1.165) is 77.0 Å². The lowest BCUT2D eigenvalue weighted by molar-refractivity contribution is -0.167. The zero-order chi connectivity index (χ0) is 55.7. The van der Waals surface area contributed by atoms with Gasteiger partial charge in [-0.25, -0.2) is 0 Å². The highest BCUT2D eigenvalue weighted by Crippen LogP contribution is 2.18. The summed E-state index contributed by atoms with van der Waals surface area (Å²) < 4.78 is 17.0. The number of unbranched alkanes of at least 4 members (excludes halogenated alkanes) is 44. The van der Waals surface area contributed by atoms with Crippen LogP contribution in [0.15, 0.2) is 48.6 Å². The molecule has 0 N–H and O–H groups in total. The Morgan fingerprint density at radius 1 is 0.260 bits per heavy atom. The molecule has 1 unspecified atom stereocenters. The van der Waals surface area contributed by atoms with E-state index in [4.69, 9.17) is 14.2 Å². The molecule has 0 saturated heterocycles. The van der Waals surface area contributed by atoms with E-state index in [2.05, 4.69) is 69.4 Å². The van der Waals surface area contributed by atoms with Crippen LogP contribution in [0, 0.1) is 0 Å². The van der Waals surface area contributed by atoms with Gasteiger partial charge in [-0.2, -0.15) is 0 Å². The van der Waals surface area contributed by atoms with E-state index in [9.17, 15) is 14.4 Å². The van der Waals surface area contributed by atoms with Crippen LogP contribution in [-0.4, -0.2) is 37.2 Å². The Labute approximate surface area is 479 Å². The molecule has 0 radical (unpaired) electrons. The number of hydrogen-bond acceptors (Lipinski definition) is 6. The number of carbonyl (C=O) groups is 3. The fourth-order valence-corrected chi connectivity index (χ4v) is 10.2. The lowest BCUT2D eigenvalue weighted by Crippen LogP contribution is -2.30. The van der Waals surface area contributed by atoms with Crippen molar-refractivity contribution in [2.24, 2.45) is 0 Å². The van der Waals surface area contributed by atoms with Gasteiger partial charge in [-0.15, -0.1) is 0 Å². The Balaban J connectivity index is 4.33. The summed E-state index contributed by atoms with van der Waals surface area (Å²) in [6, 6.07) is 0. The number of carbonyl (C=O) groups excluding carboxylic acids is 3. The van der Waals surface area contributed by atoms with E-state index in [1.54, 1.807) is 0 Å². The first-order valence-corrected chi connectivity index (χ1v) is 34.1. The van der Waals surface area contributed by atoms with Gasteiger partial charge in [-0.05, 0) is 83.5 Å². The molecule has 0 rings (SSSR count). The summed E-state index contributed by atoms with van der Waals surface area (Å²) in [4.78, 5) is 38.4. The van der Waals surface area contributed by atoms with Gasteiger partial charge < -0.3 is 14.2 Å². The summed E-state index contributed by atoms with van der Waals surface area (Å²) in [5.41, 5.74) is 0. The average molecular weight is 1080 g/mol. The van der Waals surface area contributed by atoms with E-state index in [-0.39, 0.29) is 31.1 Å². The summed E-state index contributed by atoms with van der Waals surface area (Å²) in [5.74, 6) is -0.857. The molecule has 0 heterocycles. The van der Waals surface area contributed by atoms with E-state index < -0.39 is 6.10 Å². The Hall–Kier alpha value is -2.63. The third-order valence-corrected chi connectivity index (χ3v) is 15.3. The molecular weight excluding hydrogens is 949 g/mol. The molecule has 0 aromatic carbocycles. The normalized spacial score (nSPS) is 12.3. The number of ether oxygens (including phenoxy) is 3. The zero-order valence-corrected chi connectivity index (χ0v) is 51.7. The minimum atomic E-state index is -0.778. The van der Waals surface area contributed by atoms with E-state index in [0.29, 0.717) is 19.3 Å². The average Bonchev–Trinajstić information content (AvgIpc) is 3.43. The van der Waals surface area contributed by atoms with Crippen LogP contribution in [0.25, 0.3) is 0 Å². The smallest absolute Gasteiger partial charge is 0.306 e. The van der Waals surface area contributed by atoms with Gasteiger partial charge in [-0.3, -0.25) is 14.4 Å². The van der Waals surface area contributed by atoms with Gasteiger partial charge in [0, 0.05) is 19.3 Å². The second-order valence-corrected chi connectivity index (χ2v) is 23.1. The number of hydrogen-bond donors (Lipinski definition) is 0. The quantitative estimate of drug-likeness (QED) is 0.0261. The monoisotopic (exact) mass is 1080 g/mol. The van der Waals surface area contributed by atoms with Crippen molar-refractivity contribution in [2.75, 3.05) is 13.2 Å². The van der Waals surface area contributed by atoms with Crippen LogP contribution < -0.4 is 0 Å². The van der Waals surface area contributed by atoms with Gasteiger partial charge >= 0.3 is 17.9 Å². The van der Waals surface area contributed by atoms with Gasteiger partial charge in [0.05, 0.1) is 0 Å². The van der Waals surface area contributed by atoms with Crippen molar-refractivity contribution in [3.63, 3.8) is 0 Å². The Kier molecular flexibility index (Phi) is 63.6. The van der Waals surface area contributed by atoms with Gasteiger partial charge in [0.1, 0.15) is 13.2 Å². The number of esters is 3. The lowest BCUT2D eigenvalue weighted by Gasteiger charge is -2.18. The van der Waals surface area contributed by atoms with Crippen LogP contribution in [0.1, 0.15) is 367 Å². The van der Waals surface area contributed by atoms with Crippen LogP contribution in [0.4, 0.5) is 0 Å². The highest BCUT2D eigenvalue weighted by molar-refractivity contribution is 5.71. The van der Waals surface area contributed by atoms with E-state index >= 15 is 0 Å². The van der Waals surface area contributed by atoms with Crippen molar-refractivity contribution < 1.29 is 28.6 Å². The summed E-state index contributed by atoms with van der Waals surface area (Å²) in [6.07, 6.45) is 82.6. The molecule has 0 spiro atoms. The molecule has 1 atom stereocenters. The molecule has 0 aliphatic heterocycles. The molecule has 0 amide bonds. The lowest BCUT2D eigenvalue weighted by atomic mass is 10.0. The summed E-state index contributed by atoms with van der Waals surface area (Å²) in [6.45, 7) is 6.67. The van der Waals surface area contributed by atoms with Crippen LogP contribution in [-0.2, 0) is 28.6 Å². The first-order chi connectivity index (χ1) is 38.0. The fraction of sp³-hybridized carbons (Fsp3) is 0.845. The van der Waals surface area contributed by atoms with Crippen molar-refractivity contribution >= 4 is 17.9 Å². The van der Waals surface area contributed by atoms with Crippen molar-refractivity contribution in [1.29, 1.82) is 0 Å². The summed E-state index contributed by atoms with van der Waals surface area (Å²) in [7, 11) is 0. The van der Waals surface area contributed by atoms with Crippen molar-refractivity contribution in [3.05, 3.63) is 48.6 Å². The highest BCUT2D eigenvalue weighted by Gasteiger charge is 2.19. The second-order valence-electron chi connectivity index (χ2n) is 23.1. The van der Waals surface area contributed by atoms with Crippen molar-refractivity contribution in [1.82, 2.24) is 0 Å². The molecule has 0 aliphatic carbocycles. The minimum Gasteiger partial charge on any atom is -0.462 e.